The van der Waals surface area contributed by atoms with Crippen LogP contribution >= 0.6 is 0 Å². The van der Waals surface area contributed by atoms with Gasteiger partial charge in [-0.25, -0.2) is 0 Å². The summed E-state index contributed by atoms with van der Waals surface area (Å²) >= 11 is 0. The second-order valence-electron chi connectivity index (χ2n) is 4.30. The summed E-state index contributed by atoms with van der Waals surface area (Å²) in [6.07, 6.45) is -4.49. The minimum atomic E-state index is -4.49. The molecule has 0 spiro atoms. The number of aromatic nitrogens is 2. The van der Waals surface area contributed by atoms with Gasteiger partial charge in [0, 0.05) is 11.7 Å². The molecule has 4 nitrogen and oxygen atoms in total. The molecule has 1 aromatic carbocycles. The Balaban J connectivity index is 2.23. The Morgan fingerprint density at radius 2 is 1.80 bits per heavy atom. The third-order valence-corrected chi connectivity index (χ3v) is 2.67. The summed E-state index contributed by atoms with van der Waals surface area (Å²) in [6.45, 7) is 1.82. The van der Waals surface area contributed by atoms with Crippen LogP contribution in [-0.2, 0) is 6.18 Å². The highest BCUT2D eigenvalue weighted by atomic mass is 19.4. The summed E-state index contributed by atoms with van der Waals surface area (Å²) in [5.74, 6) is 0.228. The molecule has 0 bridgehead atoms. The number of nitrogens with zero attached hydrogens (tertiary/aromatic N) is 2. The Morgan fingerprint density at radius 1 is 1.10 bits per heavy atom. The third-order valence-electron chi connectivity index (χ3n) is 2.67. The quantitative estimate of drug-likeness (QED) is 0.907. The van der Waals surface area contributed by atoms with Gasteiger partial charge in [-0.15, -0.1) is 10.2 Å². The number of hydrogen-bond acceptors (Lipinski definition) is 4. The van der Waals surface area contributed by atoms with E-state index in [9.17, 15) is 13.2 Å². The first kappa shape index (κ1) is 14.3. The largest absolute Gasteiger partial charge is 0.435 e. The minimum absolute atomic E-state index is 0.207. The summed E-state index contributed by atoms with van der Waals surface area (Å²) in [5.41, 5.74) is 6.33. The van der Waals surface area contributed by atoms with Crippen LogP contribution in [0.3, 0.4) is 0 Å². The highest BCUT2D eigenvalue weighted by molar-refractivity contribution is 5.60. The zero-order chi connectivity index (χ0) is 14.8. The molecule has 0 radical (unpaired) electrons. The molecule has 3 N–H and O–H groups in total. The molecule has 0 aliphatic carbocycles. The lowest BCUT2D eigenvalue weighted by molar-refractivity contribution is -0.141. The fourth-order valence-electron chi connectivity index (χ4n) is 1.70. The molecule has 0 saturated heterocycles. The number of hydrogen-bond donors (Lipinski definition) is 2. The molecule has 0 saturated carbocycles. The predicted molar refractivity (Wildman–Crippen MR) is 69.4 cm³/mol. The van der Waals surface area contributed by atoms with Crippen molar-refractivity contribution in [2.24, 2.45) is 5.73 Å². The summed E-state index contributed by atoms with van der Waals surface area (Å²) < 4.78 is 37.1. The Hall–Kier alpha value is -2.15. The van der Waals surface area contributed by atoms with Crippen LogP contribution in [0, 0.1) is 0 Å². The lowest BCUT2D eigenvalue weighted by Gasteiger charge is -2.14. The molecule has 0 fully saturated rings. The van der Waals surface area contributed by atoms with E-state index in [2.05, 4.69) is 15.5 Å². The van der Waals surface area contributed by atoms with Crippen LogP contribution in [-0.4, -0.2) is 10.2 Å². The van der Waals surface area contributed by atoms with Crippen molar-refractivity contribution in [1.29, 1.82) is 0 Å². The van der Waals surface area contributed by atoms with Gasteiger partial charge in [0.1, 0.15) is 0 Å². The Bertz CT molecular complexity index is 579. The molecule has 106 valence electrons. The van der Waals surface area contributed by atoms with Crippen molar-refractivity contribution in [2.75, 3.05) is 5.32 Å². The van der Waals surface area contributed by atoms with E-state index in [4.69, 9.17) is 5.73 Å². The zero-order valence-corrected chi connectivity index (χ0v) is 10.6. The van der Waals surface area contributed by atoms with Crippen LogP contribution in [0.4, 0.5) is 24.7 Å². The van der Waals surface area contributed by atoms with Crippen LogP contribution in [0.1, 0.15) is 24.2 Å². The Kier molecular flexibility index (Phi) is 3.89. The van der Waals surface area contributed by atoms with Crippen molar-refractivity contribution >= 4 is 11.5 Å². The van der Waals surface area contributed by atoms with Gasteiger partial charge in [-0.1, -0.05) is 18.2 Å². The van der Waals surface area contributed by atoms with Crippen molar-refractivity contribution in [3.8, 4) is 0 Å². The fourth-order valence-corrected chi connectivity index (χ4v) is 1.70. The van der Waals surface area contributed by atoms with Crippen LogP contribution in [0.25, 0.3) is 0 Å². The van der Waals surface area contributed by atoms with E-state index in [-0.39, 0.29) is 11.9 Å². The van der Waals surface area contributed by atoms with E-state index in [0.29, 0.717) is 5.69 Å². The number of halogens is 3. The molecule has 1 heterocycles. The van der Waals surface area contributed by atoms with Crippen LogP contribution < -0.4 is 11.1 Å². The normalized spacial score (nSPS) is 13.1. The van der Waals surface area contributed by atoms with Gasteiger partial charge in [0.25, 0.3) is 0 Å². The van der Waals surface area contributed by atoms with Gasteiger partial charge in [0.15, 0.2) is 11.5 Å². The first-order chi connectivity index (χ1) is 9.38. The van der Waals surface area contributed by atoms with E-state index < -0.39 is 11.9 Å². The second kappa shape index (κ2) is 5.46. The van der Waals surface area contributed by atoms with E-state index in [1.54, 1.807) is 12.1 Å². The Morgan fingerprint density at radius 3 is 2.35 bits per heavy atom. The maximum Gasteiger partial charge on any atom is 0.435 e. The predicted octanol–water partition coefficient (Wildman–Crippen LogP) is 3.26. The van der Waals surface area contributed by atoms with Crippen LogP contribution in [0.5, 0.6) is 0 Å². The number of benzene rings is 1. The summed E-state index contributed by atoms with van der Waals surface area (Å²) in [5, 5.41) is 9.58. The van der Waals surface area contributed by atoms with Gasteiger partial charge < -0.3 is 11.1 Å². The number of nitrogens with one attached hydrogen (secondary N) is 1. The van der Waals surface area contributed by atoms with Crippen LogP contribution in [0.2, 0.25) is 0 Å². The van der Waals surface area contributed by atoms with Crippen LogP contribution in [0.15, 0.2) is 36.4 Å². The van der Waals surface area contributed by atoms with Gasteiger partial charge in [0.05, 0.1) is 0 Å². The zero-order valence-electron chi connectivity index (χ0n) is 10.6. The van der Waals surface area contributed by atoms with Gasteiger partial charge in [0.2, 0.25) is 0 Å². The number of anilines is 2. The molecule has 2 aromatic rings. The van der Waals surface area contributed by atoms with E-state index in [1.807, 2.05) is 19.1 Å². The minimum Gasteiger partial charge on any atom is -0.338 e. The highest BCUT2D eigenvalue weighted by Crippen LogP contribution is 2.28. The van der Waals surface area contributed by atoms with E-state index in [0.717, 1.165) is 11.6 Å². The summed E-state index contributed by atoms with van der Waals surface area (Å²) in [7, 11) is 0. The fraction of sp³-hybridized carbons (Fsp3) is 0.231. The number of nitrogens with two attached hydrogens (primary N) is 1. The maximum atomic E-state index is 12.4. The van der Waals surface area contributed by atoms with Gasteiger partial charge in [-0.2, -0.15) is 13.2 Å². The number of alkyl halides is 3. The van der Waals surface area contributed by atoms with Crippen molar-refractivity contribution in [2.45, 2.75) is 19.1 Å². The van der Waals surface area contributed by atoms with Crippen molar-refractivity contribution < 1.29 is 13.2 Å². The smallest absolute Gasteiger partial charge is 0.338 e. The first-order valence-corrected chi connectivity index (χ1v) is 5.90. The summed E-state index contributed by atoms with van der Waals surface area (Å²) in [4.78, 5) is 0. The second-order valence-corrected chi connectivity index (χ2v) is 4.30. The first-order valence-electron chi connectivity index (χ1n) is 5.90. The monoisotopic (exact) mass is 282 g/mol. The Labute approximate surface area is 113 Å². The van der Waals surface area contributed by atoms with Crippen molar-refractivity contribution in [3.63, 3.8) is 0 Å². The average Bonchev–Trinajstić information content (AvgIpc) is 2.38. The molecular weight excluding hydrogens is 269 g/mol. The molecule has 20 heavy (non-hydrogen) atoms. The third kappa shape index (κ3) is 3.24. The molecule has 1 unspecified atom stereocenters. The number of rotatable bonds is 3. The molecule has 7 heteroatoms. The number of para-hydroxylation sites is 1. The molecule has 0 aliphatic rings. The highest BCUT2D eigenvalue weighted by Gasteiger charge is 2.32. The molecule has 0 amide bonds. The van der Waals surface area contributed by atoms with Crippen molar-refractivity contribution in [3.05, 3.63) is 47.7 Å². The van der Waals surface area contributed by atoms with Gasteiger partial charge in [-0.05, 0) is 30.7 Å². The van der Waals surface area contributed by atoms with E-state index >= 15 is 0 Å². The molecule has 1 atom stereocenters. The maximum absolute atomic E-state index is 12.4. The topological polar surface area (TPSA) is 63.8 Å². The lowest BCUT2D eigenvalue weighted by atomic mass is 10.1. The SMILES string of the molecule is CC(N)c1ccccc1Nc1ccc(C(F)(F)F)nn1. The average molecular weight is 282 g/mol. The molecular formula is C13H13F3N4. The van der Waals surface area contributed by atoms with E-state index in [1.165, 1.54) is 6.07 Å². The lowest BCUT2D eigenvalue weighted by Crippen LogP contribution is -2.11. The van der Waals surface area contributed by atoms with Crippen molar-refractivity contribution in [1.82, 2.24) is 10.2 Å². The molecule has 0 aliphatic heterocycles. The standard InChI is InChI=1S/C13H13F3N4/c1-8(17)9-4-2-3-5-10(9)18-12-7-6-11(19-20-12)13(14,15)16/h2-8H,17H2,1H3,(H,18,20). The summed E-state index contributed by atoms with van der Waals surface area (Å²) in [6, 6.07) is 9.15. The van der Waals surface area contributed by atoms with Gasteiger partial charge in [-0.3, -0.25) is 0 Å². The molecule has 2 rings (SSSR count). The molecule has 1 aromatic heterocycles. The van der Waals surface area contributed by atoms with Gasteiger partial charge >= 0.3 is 6.18 Å².